The number of rotatable bonds is 0. The van der Waals surface area contributed by atoms with Gasteiger partial charge in [0.05, 0.1) is 4.91 Å². The average Bonchev–Trinajstić information content (AvgIpc) is 2.06. The molecule has 0 unspecified atom stereocenters. The van der Waals surface area contributed by atoms with Crippen molar-refractivity contribution in [3.63, 3.8) is 0 Å². The Labute approximate surface area is 77.1 Å². The summed E-state index contributed by atoms with van der Waals surface area (Å²) in [6.07, 6.45) is 1.32. The van der Waals surface area contributed by atoms with Gasteiger partial charge in [-0.05, 0) is 17.0 Å². The lowest BCUT2D eigenvalue weighted by molar-refractivity contribution is 0.517. The van der Waals surface area contributed by atoms with E-state index in [-0.39, 0.29) is 9.41 Å². The van der Waals surface area contributed by atoms with Crippen LogP contribution in [0.5, 0.6) is 0 Å². The van der Waals surface area contributed by atoms with Crippen molar-refractivity contribution in [3.05, 3.63) is 11.1 Å². The highest BCUT2D eigenvalue weighted by atomic mass is 35.5. The largest absolute Gasteiger partial charge is 0.233 e. The molecule has 3 nitrogen and oxygen atoms in total. The SMILES string of the molecule is CC(C)(C)C1=CN=C(Cl)S1(=O)=O. The summed E-state index contributed by atoms with van der Waals surface area (Å²) >= 11 is 5.41. The van der Waals surface area contributed by atoms with Crippen LogP contribution in [-0.2, 0) is 9.84 Å². The zero-order valence-corrected chi connectivity index (χ0v) is 8.70. The maximum absolute atomic E-state index is 11.4. The van der Waals surface area contributed by atoms with E-state index < -0.39 is 15.3 Å². The van der Waals surface area contributed by atoms with Gasteiger partial charge in [-0.1, -0.05) is 20.8 Å². The van der Waals surface area contributed by atoms with Gasteiger partial charge in [0.15, 0.2) is 0 Å². The molecule has 0 saturated heterocycles. The molecule has 0 aromatic heterocycles. The Kier molecular flexibility index (Phi) is 2.08. The third-order valence-corrected chi connectivity index (χ3v) is 4.09. The summed E-state index contributed by atoms with van der Waals surface area (Å²) in [6, 6.07) is 0. The Bertz CT molecular complexity index is 359. The summed E-state index contributed by atoms with van der Waals surface area (Å²) in [5.74, 6) is 0. The van der Waals surface area contributed by atoms with Crippen molar-refractivity contribution in [2.75, 3.05) is 0 Å². The second kappa shape index (κ2) is 2.57. The number of sulfone groups is 1. The summed E-state index contributed by atoms with van der Waals surface area (Å²) in [5.41, 5.74) is -0.432. The fourth-order valence-electron chi connectivity index (χ4n) is 0.936. The molecular weight excluding hydrogens is 198 g/mol. The second-order valence-corrected chi connectivity index (χ2v) is 6.04. The molecule has 1 aliphatic rings. The zero-order valence-electron chi connectivity index (χ0n) is 7.13. The van der Waals surface area contributed by atoms with E-state index in [9.17, 15) is 8.42 Å². The molecule has 12 heavy (non-hydrogen) atoms. The van der Waals surface area contributed by atoms with Crippen LogP contribution in [0.3, 0.4) is 0 Å². The highest BCUT2D eigenvalue weighted by molar-refractivity contribution is 8.13. The highest BCUT2D eigenvalue weighted by Gasteiger charge is 2.35. The van der Waals surface area contributed by atoms with Crippen LogP contribution >= 0.6 is 11.6 Å². The first-order valence-corrected chi connectivity index (χ1v) is 5.31. The number of hydrogen-bond acceptors (Lipinski definition) is 3. The molecule has 0 aromatic rings. The Balaban J connectivity index is 3.21. The molecule has 0 fully saturated rings. The maximum Gasteiger partial charge on any atom is 0.233 e. The summed E-state index contributed by atoms with van der Waals surface area (Å²) in [7, 11) is -3.45. The first kappa shape index (κ1) is 9.74. The minimum atomic E-state index is -3.45. The normalized spacial score (nSPS) is 22.0. The molecule has 5 heteroatoms. The van der Waals surface area contributed by atoms with E-state index in [1.807, 2.05) is 0 Å². The molecule has 0 atom stereocenters. The van der Waals surface area contributed by atoms with Gasteiger partial charge in [0, 0.05) is 6.20 Å². The first-order chi connectivity index (χ1) is 5.26. The highest BCUT2D eigenvalue weighted by Crippen LogP contribution is 2.34. The smallest absolute Gasteiger partial charge is 0.232 e. The van der Waals surface area contributed by atoms with E-state index in [1.54, 1.807) is 20.8 Å². The van der Waals surface area contributed by atoms with Crippen LogP contribution in [0.15, 0.2) is 16.1 Å². The maximum atomic E-state index is 11.4. The van der Waals surface area contributed by atoms with Crippen molar-refractivity contribution in [1.82, 2.24) is 0 Å². The number of aliphatic imine (C=N–C) groups is 1. The van der Waals surface area contributed by atoms with Gasteiger partial charge in [0.25, 0.3) is 0 Å². The topological polar surface area (TPSA) is 46.5 Å². The third kappa shape index (κ3) is 1.41. The van der Waals surface area contributed by atoms with Gasteiger partial charge in [0.1, 0.15) is 0 Å². The number of hydrogen-bond donors (Lipinski definition) is 0. The van der Waals surface area contributed by atoms with E-state index >= 15 is 0 Å². The number of allylic oxidation sites excluding steroid dienone is 1. The zero-order chi connectivity index (χ0) is 9.57. The number of halogens is 1. The van der Waals surface area contributed by atoms with E-state index in [1.165, 1.54) is 6.20 Å². The van der Waals surface area contributed by atoms with Crippen LogP contribution in [0.25, 0.3) is 0 Å². The van der Waals surface area contributed by atoms with E-state index in [0.717, 1.165) is 0 Å². The predicted molar refractivity (Wildman–Crippen MR) is 49.7 cm³/mol. The van der Waals surface area contributed by atoms with Crippen LogP contribution in [-0.4, -0.2) is 12.9 Å². The standard InChI is InChI=1S/C7H10ClNO2S/c1-7(2,3)5-4-9-6(8)12(5,10)11/h4H,1-3H3. The summed E-state index contributed by atoms with van der Waals surface area (Å²) in [4.78, 5) is 3.85. The molecule has 68 valence electrons. The molecule has 0 saturated carbocycles. The van der Waals surface area contributed by atoms with Crippen molar-refractivity contribution in [3.8, 4) is 0 Å². The Hall–Kier alpha value is -0.350. The quantitative estimate of drug-likeness (QED) is 0.609. The van der Waals surface area contributed by atoms with Crippen LogP contribution < -0.4 is 0 Å². The van der Waals surface area contributed by atoms with Crippen molar-refractivity contribution < 1.29 is 8.42 Å². The molecule has 0 spiro atoms. The molecule has 0 amide bonds. The van der Waals surface area contributed by atoms with Crippen molar-refractivity contribution in [2.45, 2.75) is 20.8 Å². The van der Waals surface area contributed by atoms with Crippen LogP contribution in [0.4, 0.5) is 0 Å². The fraction of sp³-hybridized carbons (Fsp3) is 0.571. The van der Waals surface area contributed by atoms with E-state index in [4.69, 9.17) is 11.6 Å². The number of nitrogens with zero attached hydrogens (tertiary/aromatic N) is 1. The summed E-state index contributed by atoms with van der Waals surface area (Å²) in [6.45, 7) is 5.42. The van der Waals surface area contributed by atoms with Crippen molar-refractivity contribution in [2.24, 2.45) is 10.4 Å². The van der Waals surface area contributed by atoms with Gasteiger partial charge in [-0.15, -0.1) is 0 Å². The van der Waals surface area contributed by atoms with Crippen LogP contribution in [0.2, 0.25) is 0 Å². The molecule has 0 aliphatic carbocycles. The van der Waals surface area contributed by atoms with Crippen molar-refractivity contribution >= 4 is 25.9 Å². The molecule has 0 aromatic carbocycles. The summed E-state index contributed by atoms with van der Waals surface area (Å²) in [5, 5.41) is 0. The second-order valence-electron chi connectivity index (χ2n) is 3.63. The molecular formula is C7H10ClNO2S. The van der Waals surface area contributed by atoms with Gasteiger partial charge < -0.3 is 0 Å². The lowest BCUT2D eigenvalue weighted by Crippen LogP contribution is -2.18. The minimum Gasteiger partial charge on any atom is -0.232 e. The first-order valence-electron chi connectivity index (χ1n) is 3.45. The average molecular weight is 208 g/mol. The summed E-state index contributed by atoms with van der Waals surface area (Å²) < 4.78 is 22.5. The molecule has 1 aliphatic heterocycles. The Morgan fingerprint density at radius 2 is 1.92 bits per heavy atom. The van der Waals surface area contributed by atoms with Gasteiger partial charge in [-0.3, -0.25) is 0 Å². The monoisotopic (exact) mass is 207 g/mol. The lowest BCUT2D eigenvalue weighted by atomic mass is 9.97. The van der Waals surface area contributed by atoms with Gasteiger partial charge >= 0.3 is 0 Å². The fourth-order valence-corrected chi connectivity index (χ4v) is 2.60. The lowest BCUT2D eigenvalue weighted by Gasteiger charge is -2.18. The Morgan fingerprint density at radius 1 is 1.42 bits per heavy atom. The van der Waals surface area contributed by atoms with Gasteiger partial charge in [-0.25, -0.2) is 13.4 Å². The van der Waals surface area contributed by atoms with E-state index in [0.29, 0.717) is 0 Å². The Morgan fingerprint density at radius 3 is 2.08 bits per heavy atom. The molecule has 0 N–H and O–H groups in total. The third-order valence-electron chi connectivity index (χ3n) is 1.53. The van der Waals surface area contributed by atoms with Gasteiger partial charge in [0.2, 0.25) is 14.3 Å². The molecule has 1 heterocycles. The molecule has 0 bridgehead atoms. The predicted octanol–water partition coefficient (Wildman–Crippen LogP) is 1.90. The molecule has 0 radical (unpaired) electrons. The minimum absolute atomic E-state index is 0.278. The van der Waals surface area contributed by atoms with E-state index in [2.05, 4.69) is 4.99 Å². The van der Waals surface area contributed by atoms with Gasteiger partial charge in [-0.2, -0.15) is 0 Å². The molecule has 1 rings (SSSR count). The van der Waals surface area contributed by atoms with Crippen molar-refractivity contribution in [1.29, 1.82) is 0 Å². The van der Waals surface area contributed by atoms with Crippen LogP contribution in [0.1, 0.15) is 20.8 Å². The van der Waals surface area contributed by atoms with Crippen LogP contribution in [0, 0.1) is 5.41 Å².